The summed E-state index contributed by atoms with van der Waals surface area (Å²) in [5.74, 6) is 3.00. The molecule has 3 rings (SSSR count). The number of nitrogens with zero attached hydrogens (tertiary/aromatic N) is 1. The monoisotopic (exact) mass is 287 g/mol. The van der Waals surface area contributed by atoms with Gasteiger partial charge < -0.3 is 5.11 Å². The van der Waals surface area contributed by atoms with Crippen molar-refractivity contribution in [2.75, 3.05) is 11.5 Å². The number of anilines is 1. The van der Waals surface area contributed by atoms with Crippen LogP contribution in [-0.4, -0.2) is 23.5 Å². The fourth-order valence-corrected chi connectivity index (χ4v) is 3.09. The fourth-order valence-electron chi connectivity index (χ4n) is 3.09. The van der Waals surface area contributed by atoms with Crippen LogP contribution < -0.4 is 4.90 Å². The number of rotatable bonds is 1. The van der Waals surface area contributed by atoms with E-state index >= 15 is 0 Å². The molecule has 21 heavy (non-hydrogen) atoms. The second-order valence-electron chi connectivity index (χ2n) is 5.91. The summed E-state index contributed by atoms with van der Waals surface area (Å²) in [5.41, 5.74) is 0.0469. The second-order valence-corrected chi connectivity index (χ2v) is 5.91. The van der Waals surface area contributed by atoms with Crippen molar-refractivity contribution in [3.63, 3.8) is 0 Å². The average Bonchev–Trinajstić information content (AvgIpc) is 2.89. The lowest BCUT2D eigenvalue weighted by Gasteiger charge is -2.21. The highest BCUT2D eigenvalue weighted by Gasteiger charge is 2.72. The number of imide groups is 1. The Bertz CT molecular complexity index is 690. The molecule has 0 spiro atoms. The summed E-state index contributed by atoms with van der Waals surface area (Å²) in [7, 11) is 0. The molecule has 4 nitrogen and oxygen atoms in total. The molecule has 2 fully saturated rings. The third-order valence-electron chi connectivity index (χ3n) is 4.30. The molecule has 1 aromatic carbocycles. The van der Waals surface area contributed by atoms with Gasteiger partial charge in [-0.15, -0.1) is 0 Å². The molecule has 108 valence electrons. The van der Waals surface area contributed by atoms with Gasteiger partial charge in [0.1, 0.15) is 12.4 Å². The van der Waals surface area contributed by atoms with Crippen LogP contribution in [0.1, 0.15) is 19.4 Å². The summed E-state index contributed by atoms with van der Waals surface area (Å²) < 4.78 is 14.1. The van der Waals surface area contributed by atoms with E-state index in [1.165, 1.54) is 12.1 Å². The first-order valence-electron chi connectivity index (χ1n) is 6.66. The SMILES string of the molecule is CC1(C)C2C(=O)N(c3ccc(C#CCO)cc3F)C(=O)C21. The smallest absolute Gasteiger partial charge is 0.238 e. The van der Waals surface area contributed by atoms with Crippen LogP contribution in [-0.2, 0) is 9.59 Å². The highest BCUT2D eigenvalue weighted by Crippen LogP contribution is 2.63. The molecule has 1 aliphatic carbocycles. The maximum absolute atomic E-state index is 14.1. The Labute approximate surface area is 121 Å². The first kappa shape index (κ1) is 13.8. The van der Waals surface area contributed by atoms with Crippen molar-refractivity contribution >= 4 is 17.5 Å². The Morgan fingerprint density at radius 1 is 1.29 bits per heavy atom. The second kappa shape index (κ2) is 4.40. The molecule has 2 atom stereocenters. The quantitative estimate of drug-likeness (QED) is 0.626. The molecule has 0 bridgehead atoms. The van der Waals surface area contributed by atoms with Crippen molar-refractivity contribution in [3.8, 4) is 11.8 Å². The Morgan fingerprint density at radius 3 is 2.43 bits per heavy atom. The van der Waals surface area contributed by atoms with Crippen LogP contribution in [0.5, 0.6) is 0 Å². The predicted octanol–water partition coefficient (Wildman–Crippen LogP) is 1.31. The lowest BCUT2D eigenvalue weighted by molar-refractivity contribution is -0.125. The van der Waals surface area contributed by atoms with E-state index < -0.39 is 5.82 Å². The summed E-state index contributed by atoms with van der Waals surface area (Å²) in [6.07, 6.45) is 0. The zero-order chi connectivity index (χ0) is 15.4. The van der Waals surface area contributed by atoms with Gasteiger partial charge in [0.2, 0.25) is 11.8 Å². The van der Waals surface area contributed by atoms with Gasteiger partial charge in [0.05, 0.1) is 17.5 Å². The van der Waals surface area contributed by atoms with E-state index in [9.17, 15) is 14.0 Å². The molecule has 2 amide bonds. The molecule has 1 aromatic rings. The van der Waals surface area contributed by atoms with Gasteiger partial charge in [-0.2, -0.15) is 0 Å². The molecule has 1 aliphatic heterocycles. The number of benzene rings is 1. The third-order valence-corrected chi connectivity index (χ3v) is 4.30. The van der Waals surface area contributed by atoms with Crippen molar-refractivity contribution < 1.29 is 19.1 Å². The molecule has 0 radical (unpaired) electrons. The van der Waals surface area contributed by atoms with Crippen molar-refractivity contribution in [2.45, 2.75) is 13.8 Å². The van der Waals surface area contributed by atoms with Gasteiger partial charge in [-0.1, -0.05) is 25.7 Å². The molecule has 1 N–H and O–H groups in total. The van der Waals surface area contributed by atoms with E-state index in [2.05, 4.69) is 11.8 Å². The number of amides is 2. The Hall–Kier alpha value is -2.19. The zero-order valence-corrected chi connectivity index (χ0v) is 11.7. The minimum atomic E-state index is -0.666. The number of halogens is 1. The van der Waals surface area contributed by atoms with E-state index in [1.807, 2.05) is 13.8 Å². The van der Waals surface area contributed by atoms with Crippen LogP contribution in [0.15, 0.2) is 18.2 Å². The zero-order valence-electron chi connectivity index (χ0n) is 11.7. The number of carbonyl (C=O) groups excluding carboxylic acids is 2. The molecule has 2 aliphatic rings. The molecular weight excluding hydrogens is 273 g/mol. The van der Waals surface area contributed by atoms with Gasteiger partial charge in [0, 0.05) is 5.56 Å². The van der Waals surface area contributed by atoms with Crippen molar-refractivity contribution in [3.05, 3.63) is 29.6 Å². The first-order valence-corrected chi connectivity index (χ1v) is 6.66. The van der Waals surface area contributed by atoms with E-state index in [4.69, 9.17) is 5.11 Å². The summed E-state index contributed by atoms with van der Waals surface area (Å²) in [6, 6.07) is 4.06. The van der Waals surface area contributed by atoms with Crippen LogP contribution in [0.25, 0.3) is 0 Å². The lowest BCUT2D eigenvalue weighted by atomic mass is 10.0. The van der Waals surface area contributed by atoms with Gasteiger partial charge in [0.15, 0.2) is 0 Å². The molecule has 1 heterocycles. The number of piperidine rings is 1. The van der Waals surface area contributed by atoms with Gasteiger partial charge in [-0.05, 0) is 23.6 Å². The molecule has 2 unspecified atom stereocenters. The first-order chi connectivity index (χ1) is 9.89. The highest BCUT2D eigenvalue weighted by atomic mass is 19.1. The Balaban J connectivity index is 1.93. The summed E-state index contributed by atoms with van der Waals surface area (Å²) in [4.78, 5) is 25.5. The fraction of sp³-hybridized carbons (Fsp3) is 0.375. The maximum atomic E-state index is 14.1. The molecule has 5 heteroatoms. The molecule has 1 saturated heterocycles. The number of aliphatic hydroxyl groups excluding tert-OH is 1. The lowest BCUT2D eigenvalue weighted by Crippen LogP contribution is -2.36. The number of hydrogen-bond acceptors (Lipinski definition) is 3. The van der Waals surface area contributed by atoms with Gasteiger partial charge in [-0.25, -0.2) is 9.29 Å². The Morgan fingerprint density at radius 2 is 1.90 bits per heavy atom. The van der Waals surface area contributed by atoms with Crippen LogP contribution in [0.3, 0.4) is 0 Å². The summed E-state index contributed by atoms with van der Waals surface area (Å²) in [6.45, 7) is 3.43. The minimum Gasteiger partial charge on any atom is -0.384 e. The third kappa shape index (κ3) is 1.87. The van der Waals surface area contributed by atoms with Crippen molar-refractivity contribution in [1.29, 1.82) is 0 Å². The highest BCUT2D eigenvalue weighted by molar-refractivity contribution is 6.25. The standard InChI is InChI=1S/C16H14FNO3/c1-16(2)12-13(16)15(21)18(14(12)20)11-6-5-9(4-3-7-19)8-10(11)17/h5-6,8,12-13,19H,7H2,1-2H3. The average molecular weight is 287 g/mol. The van der Waals surface area contributed by atoms with Crippen LogP contribution in [0.4, 0.5) is 10.1 Å². The van der Waals surface area contributed by atoms with E-state index in [0.717, 1.165) is 11.0 Å². The maximum Gasteiger partial charge on any atom is 0.238 e. The van der Waals surface area contributed by atoms with E-state index in [-0.39, 0.29) is 41.4 Å². The van der Waals surface area contributed by atoms with Gasteiger partial charge in [-0.3, -0.25) is 9.59 Å². The van der Waals surface area contributed by atoms with Gasteiger partial charge >= 0.3 is 0 Å². The minimum absolute atomic E-state index is 0.0254. The molecule has 0 aromatic heterocycles. The van der Waals surface area contributed by atoms with Crippen LogP contribution in [0, 0.1) is 34.9 Å². The van der Waals surface area contributed by atoms with Crippen molar-refractivity contribution in [2.24, 2.45) is 17.3 Å². The molecule has 1 saturated carbocycles. The molecular formula is C16H14FNO3. The van der Waals surface area contributed by atoms with Crippen LogP contribution in [0.2, 0.25) is 0 Å². The number of fused-ring (bicyclic) bond motifs is 1. The van der Waals surface area contributed by atoms with Crippen LogP contribution >= 0.6 is 0 Å². The van der Waals surface area contributed by atoms with Crippen molar-refractivity contribution in [1.82, 2.24) is 0 Å². The number of carbonyl (C=O) groups is 2. The van der Waals surface area contributed by atoms with E-state index in [0.29, 0.717) is 5.56 Å². The Kier molecular flexibility index (Phi) is 2.89. The number of aliphatic hydroxyl groups is 1. The predicted molar refractivity (Wildman–Crippen MR) is 73.6 cm³/mol. The number of hydrogen-bond donors (Lipinski definition) is 1. The van der Waals surface area contributed by atoms with Gasteiger partial charge in [0.25, 0.3) is 0 Å². The summed E-state index contributed by atoms with van der Waals surface area (Å²) >= 11 is 0. The van der Waals surface area contributed by atoms with E-state index in [1.54, 1.807) is 0 Å². The normalized spacial score (nSPS) is 25.4. The summed E-state index contributed by atoms with van der Waals surface area (Å²) in [5, 5.41) is 8.61. The topological polar surface area (TPSA) is 57.6 Å². The largest absolute Gasteiger partial charge is 0.384 e.